The number of nitrogens with zero attached hydrogens (tertiary/aromatic N) is 4. The van der Waals surface area contributed by atoms with Crippen LogP contribution in [0.25, 0.3) is 0 Å². The van der Waals surface area contributed by atoms with Gasteiger partial charge in [0.15, 0.2) is 0 Å². The van der Waals surface area contributed by atoms with Gasteiger partial charge in [0.25, 0.3) is 5.91 Å². The first-order valence-corrected chi connectivity index (χ1v) is 14.6. The monoisotopic (exact) mass is 559 g/mol. The summed E-state index contributed by atoms with van der Waals surface area (Å²) in [6.07, 6.45) is 6.52. The fraction of sp³-hybridized carbons (Fsp3) is 0.733. The van der Waals surface area contributed by atoms with Crippen LogP contribution in [-0.2, 0) is 21.4 Å². The zero-order valence-corrected chi connectivity index (χ0v) is 25.4. The molecule has 0 spiro atoms. The summed E-state index contributed by atoms with van der Waals surface area (Å²) >= 11 is 0. The van der Waals surface area contributed by atoms with Gasteiger partial charge in [-0.3, -0.25) is 24.4 Å². The second-order valence-electron chi connectivity index (χ2n) is 12.9. The minimum Gasteiger partial charge on any atom is -0.351 e. The second kappa shape index (κ2) is 13.2. The molecule has 1 aliphatic carbocycles. The highest BCUT2D eigenvalue weighted by atomic mass is 16.5. The van der Waals surface area contributed by atoms with E-state index in [-0.39, 0.29) is 30.3 Å². The summed E-state index contributed by atoms with van der Waals surface area (Å²) in [5.41, 5.74) is 2.16. The van der Waals surface area contributed by atoms with Crippen LogP contribution >= 0.6 is 0 Å². The topological polar surface area (TPSA) is 115 Å². The van der Waals surface area contributed by atoms with E-state index in [9.17, 15) is 24.4 Å². The van der Waals surface area contributed by atoms with E-state index < -0.39 is 17.4 Å². The Morgan fingerprint density at radius 1 is 1.12 bits per heavy atom. The Bertz CT molecular complexity index is 1060. The van der Waals surface area contributed by atoms with E-state index in [4.69, 9.17) is 0 Å². The molecule has 1 aromatic heterocycles. The third kappa shape index (κ3) is 7.44. The highest BCUT2D eigenvalue weighted by molar-refractivity contribution is 5.96. The molecule has 2 heterocycles. The molecule has 1 unspecified atom stereocenters. The molecule has 0 radical (unpaired) electrons. The summed E-state index contributed by atoms with van der Waals surface area (Å²) in [5, 5.41) is 13.4. The van der Waals surface area contributed by atoms with E-state index in [1.807, 2.05) is 57.2 Å². The van der Waals surface area contributed by atoms with Crippen LogP contribution < -0.4 is 5.32 Å². The molecule has 10 nitrogen and oxygen atoms in total. The molecule has 0 aromatic carbocycles. The van der Waals surface area contributed by atoms with Crippen molar-refractivity contribution < 1.29 is 24.4 Å². The van der Waals surface area contributed by atoms with Crippen molar-refractivity contribution in [1.82, 2.24) is 24.7 Å². The predicted molar refractivity (Wildman–Crippen MR) is 153 cm³/mol. The number of aromatic nitrogens is 1. The van der Waals surface area contributed by atoms with Gasteiger partial charge in [0.2, 0.25) is 18.2 Å². The van der Waals surface area contributed by atoms with Gasteiger partial charge in [0.05, 0.1) is 18.0 Å². The molecule has 4 amide bonds. The lowest BCUT2D eigenvalue weighted by Crippen LogP contribution is -2.58. The van der Waals surface area contributed by atoms with E-state index in [0.29, 0.717) is 49.7 Å². The van der Waals surface area contributed by atoms with E-state index in [1.54, 1.807) is 11.9 Å². The number of hydrogen-bond acceptors (Lipinski definition) is 5. The lowest BCUT2D eigenvalue weighted by Gasteiger charge is -2.40. The van der Waals surface area contributed by atoms with Gasteiger partial charge in [-0.1, -0.05) is 46.5 Å². The zero-order valence-electron chi connectivity index (χ0n) is 25.4. The van der Waals surface area contributed by atoms with Crippen molar-refractivity contribution in [2.75, 3.05) is 26.7 Å². The molecule has 1 aliphatic heterocycles. The van der Waals surface area contributed by atoms with E-state index >= 15 is 0 Å². The fourth-order valence-corrected chi connectivity index (χ4v) is 6.17. The molecule has 10 heteroatoms. The summed E-state index contributed by atoms with van der Waals surface area (Å²) in [5.74, 6) is -0.686. The van der Waals surface area contributed by atoms with Crippen LogP contribution in [0.2, 0.25) is 0 Å². The van der Waals surface area contributed by atoms with Crippen LogP contribution in [0, 0.1) is 31.1 Å². The van der Waals surface area contributed by atoms with Crippen LogP contribution in [-0.4, -0.2) is 87.5 Å². The Kier molecular flexibility index (Phi) is 10.4. The summed E-state index contributed by atoms with van der Waals surface area (Å²) < 4.78 is 2.02. The van der Waals surface area contributed by atoms with Gasteiger partial charge in [-0.15, -0.1) is 0 Å². The first-order chi connectivity index (χ1) is 18.7. The smallest absolute Gasteiger partial charge is 0.255 e. The van der Waals surface area contributed by atoms with Gasteiger partial charge in [-0.25, -0.2) is 5.06 Å². The molecule has 224 valence electrons. The lowest BCUT2D eigenvalue weighted by atomic mass is 9.84. The largest absolute Gasteiger partial charge is 0.351 e. The minimum absolute atomic E-state index is 0.0232. The van der Waals surface area contributed by atoms with Crippen LogP contribution in [0.3, 0.4) is 0 Å². The summed E-state index contributed by atoms with van der Waals surface area (Å²) in [6, 6.07) is 1.12. The maximum absolute atomic E-state index is 13.8. The number of nitrogens with one attached hydrogen (secondary N) is 1. The molecule has 2 aliphatic rings. The molecular formula is C30H49N5O5. The van der Waals surface area contributed by atoms with E-state index in [0.717, 1.165) is 42.6 Å². The number of hydroxylamine groups is 2. The molecule has 2 fully saturated rings. The van der Waals surface area contributed by atoms with Crippen LogP contribution in [0.4, 0.5) is 0 Å². The van der Waals surface area contributed by atoms with Crippen molar-refractivity contribution in [1.29, 1.82) is 0 Å². The molecule has 3 rings (SSSR count). The number of hydrogen-bond donors (Lipinski definition) is 2. The van der Waals surface area contributed by atoms with Gasteiger partial charge in [-0.05, 0) is 50.5 Å². The van der Waals surface area contributed by atoms with Crippen LogP contribution in [0.5, 0.6) is 0 Å². The quantitative estimate of drug-likeness (QED) is 0.259. The third-order valence-corrected chi connectivity index (χ3v) is 9.04. The van der Waals surface area contributed by atoms with Gasteiger partial charge in [0.1, 0.15) is 6.04 Å². The standard InChI is InChI=1S/C30H49N5O5/c1-20-16-25(21(2)32(20)6)28(38)34-14-12-24(13-15-34)33(7)29(39)26(30(3,4)5)31-27(37)23(18-35(40)19-36)17-22-10-8-9-11-22/h16,19,22-24,26,40H,8-15,17-18H2,1-7H3,(H,31,37)/t23?,26-/m1/s1. The Hall–Kier alpha value is -2.88. The average molecular weight is 560 g/mol. The number of carbonyl (C=O) groups is 4. The number of likely N-dealkylation sites (tertiary alicyclic amines) is 1. The number of rotatable bonds is 10. The van der Waals surface area contributed by atoms with Gasteiger partial charge in [0, 0.05) is 44.6 Å². The Labute approximate surface area is 239 Å². The first kappa shape index (κ1) is 31.6. The van der Waals surface area contributed by atoms with Crippen molar-refractivity contribution in [3.8, 4) is 0 Å². The third-order valence-electron chi connectivity index (χ3n) is 9.04. The number of likely N-dealkylation sites (N-methyl/N-ethyl adjacent to an activating group) is 1. The van der Waals surface area contributed by atoms with Gasteiger partial charge < -0.3 is 19.7 Å². The van der Waals surface area contributed by atoms with Crippen molar-refractivity contribution in [3.63, 3.8) is 0 Å². The molecule has 1 saturated heterocycles. The second-order valence-corrected chi connectivity index (χ2v) is 12.9. The highest BCUT2D eigenvalue weighted by Crippen LogP contribution is 2.31. The highest BCUT2D eigenvalue weighted by Gasteiger charge is 2.39. The van der Waals surface area contributed by atoms with E-state index in [2.05, 4.69) is 5.32 Å². The summed E-state index contributed by atoms with van der Waals surface area (Å²) in [4.78, 5) is 55.1. The fourth-order valence-electron chi connectivity index (χ4n) is 6.17. The molecule has 0 bridgehead atoms. The lowest BCUT2D eigenvalue weighted by molar-refractivity contribution is -0.156. The SMILES string of the molecule is Cc1cc(C(=O)N2CCC(N(C)C(=O)[C@@H](NC(=O)C(CC3CCCC3)CN(O)C=O)C(C)(C)C)CC2)c(C)n1C. The predicted octanol–water partition coefficient (Wildman–Crippen LogP) is 3.28. The summed E-state index contributed by atoms with van der Waals surface area (Å²) in [7, 11) is 3.73. The molecule has 1 aromatic rings. The number of piperidine rings is 1. The van der Waals surface area contributed by atoms with Crippen molar-refractivity contribution in [3.05, 3.63) is 23.0 Å². The van der Waals surface area contributed by atoms with Crippen molar-refractivity contribution >= 4 is 24.1 Å². The Morgan fingerprint density at radius 2 is 1.73 bits per heavy atom. The molecular weight excluding hydrogens is 510 g/mol. The van der Waals surface area contributed by atoms with Crippen LogP contribution in [0.15, 0.2) is 6.07 Å². The zero-order chi connectivity index (χ0) is 29.8. The Balaban J connectivity index is 1.66. The molecule has 2 N–H and O–H groups in total. The van der Waals surface area contributed by atoms with Crippen molar-refractivity contribution in [2.45, 2.75) is 91.6 Å². The Morgan fingerprint density at radius 3 is 2.23 bits per heavy atom. The normalized spacial score (nSPS) is 18.4. The molecule has 1 saturated carbocycles. The average Bonchev–Trinajstić information content (AvgIpc) is 3.53. The number of carbonyl (C=O) groups excluding carboxylic acids is 4. The van der Waals surface area contributed by atoms with Gasteiger partial charge in [-0.2, -0.15) is 0 Å². The number of amides is 4. The maximum atomic E-state index is 13.8. The number of aryl methyl sites for hydroxylation is 1. The maximum Gasteiger partial charge on any atom is 0.255 e. The van der Waals surface area contributed by atoms with Crippen LogP contribution in [0.1, 0.15) is 87.5 Å². The summed E-state index contributed by atoms with van der Waals surface area (Å²) in [6.45, 7) is 10.7. The molecule has 40 heavy (non-hydrogen) atoms. The van der Waals surface area contributed by atoms with E-state index in [1.165, 1.54) is 0 Å². The van der Waals surface area contributed by atoms with Gasteiger partial charge >= 0.3 is 0 Å². The minimum atomic E-state index is -0.769. The first-order valence-electron chi connectivity index (χ1n) is 14.6. The molecule has 2 atom stereocenters. The van der Waals surface area contributed by atoms with Crippen molar-refractivity contribution in [2.24, 2.45) is 24.3 Å².